The number of nitrogens with zero attached hydrogens (tertiary/aromatic N) is 2. The minimum Gasteiger partial charge on any atom is -0.390 e. The lowest BCUT2D eigenvalue weighted by Crippen LogP contribution is -1.90. The van der Waals surface area contributed by atoms with Gasteiger partial charge in [-0.05, 0) is 12.2 Å². The van der Waals surface area contributed by atoms with Crippen LogP contribution in [0, 0.1) is 22.7 Å². The third kappa shape index (κ3) is 4.11. The van der Waals surface area contributed by atoms with E-state index in [1.165, 1.54) is 18.2 Å². The molecule has 0 aromatic heterocycles. The second-order valence-electron chi connectivity index (χ2n) is 1.22. The molecule has 0 atom stereocenters. The number of allylic oxidation sites excluding steroid dienone is 4. The van der Waals surface area contributed by atoms with Crippen molar-refractivity contribution in [3.63, 3.8) is 0 Å². The second kappa shape index (κ2) is 4.42. The van der Waals surface area contributed by atoms with Crippen LogP contribution in [-0.2, 0) is 0 Å². The first kappa shape index (κ1) is 7.26. The first-order valence-electron chi connectivity index (χ1n) is 2.23. The van der Waals surface area contributed by atoms with Crippen LogP contribution in [0.15, 0.2) is 23.9 Å². The summed E-state index contributed by atoms with van der Waals surface area (Å²) in [6, 6.07) is 3.46. The largest absolute Gasteiger partial charge is 0.390 e. The van der Waals surface area contributed by atoms with Gasteiger partial charge in [0.25, 0.3) is 0 Å². The van der Waals surface area contributed by atoms with Crippen molar-refractivity contribution in [1.29, 1.82) is 10.5 Å². The summed E-state index contributed by atoms with van der Waals surface area (Å²) in [4.78, 5) is 0. The summed E-state index contributed by atoms with van der Waals surface area (Å²) in [5.41, 5.74) is 5.15. The van der Waals surface area contributed by atoms with E-state index in [2.05, 4.69) is 0 Å². The van der Waals surface area contributed by atoms with Gasteiger partial charge >= 0.3 is 0 Å². The minimum atomic E-state index is 0.0986. The van der Waals surface area contributed by atoms with Gasteiger partial charge in [-0.25, -0.2) is 0 Å². The normalized spacial score (nSPS) is 10.7. The molecule has 9 heavy (non-hydrogen) atoms. The highest BCUT2D eigenvalue weighted by molar-refractivity contribution is 5.23. The van der Waals surface area contributed by atoms with Crippen molar-refractivity contribution >= 4 is 0 Å². The monoisotopic (exact) mass is 119 g/mol. The Balaban J connectivity index is 3.91. The van der Waals surface area contributed by atoms with E-state index in [9.17, 15) is 0 Å². The number of hydrogen-bond donors (Lipinski definition) is 1. The van der Waals surface area contributed by atoms with Crippen LogP contribution in [0.5, 0.6) is 0 Å². The van der Waals surface area contributed by atoms with Gasteiger partial charge in [0.2, 0.25) is 0 Å². The Labute approximate surface area is 53.3 Å². The summed E-state index contributed by atoms with van der Waals surface area (Å²) in [5.74, 6) is 0. The molecule has 0 aliphatic rings. The Morgan fingerprint density at radius 1 is 1.44 bits per heavy atom. The average Bonchev–Trinajstić information content (AvgIpc) is 1.89. The molecule has 0 aliphatic heterocycles. The lowest BCUT2D eigenvalue weighted by Gasteiger charge is -1.75. The van der Waals surface area contributed by atoms with E-state index < -0.39 is 0 Å². The van der Waals surface area contributed by atoms with Crippen molar-refractivity contribution in [1.82, 2.24) is 0 Å². The molecule has 0 heterocycles. The number of hydrogen-bond acceptors (Lipinski definition) is 3. The third-order valence-corrected chi connectivity index (χ3v) is 0.576. The molecule has 0 fully saturated rings. The Morgan fingerprint density at radius 2 is 2.11 bits per heavy atom. The molecular formula is C6H5N3. The van der Waals surface area contributed by atoms with Crippen molar-refractivity contribution in [2.24, 2.45) is 5.73 Å². The molecule has 0 aromatic rings. The van der Waals surface area contributed by atoms with Gasteiger partial charge in [-0.2, -0.15) is 10.5 Å². The molecule has 0 amide bonds. The third-order valence-electron chi connectivity index (χ3n) is 0.576. The zero-order valence-electron chi connectivity index (χ0n) is 4.70. The molecule has 0 bridgehead atoms. The van der Waals surface area contributed by atoms with Crippen molar-refractivity contribution in [2.45, 2.75) is 0 Å². The minimum absolute atomic E-state index is 0.0986. The van der Waals surface area contributed by atoms with Crippen molar-refractivity contribution in [3.05, 3.63) is 23.9 Å². The first-order chi connectivity index (χ1) is 4.31. The zero-order valence-corrected chi connectivity index (χ0v) is 4.70. The summed E-state index contributed by atoms with van der Waals surface area (Å²) in [6.45, 7) is 0. The molecule has 0 saturated carbocycles. The van der Waals surface area contributed by atoms with Crippen LogP contribution in [0.1, 0.15) is 0 Å². The van der Waals surface area contributed by atoms with E-state index in [0.29, 0.717) is 0 Å². The lowest BCUT2D eigenvalue weighted by atomic mass is 10.4. The standard InChI is InChI=1S/C6H5N3/c7-4-2-1-3-6(9)5-8/h1-3H,9H2. The predicted octanol–water partition coefficient (Wildman–Crippen LogP) is 0.432. The maximum absolute atomic E-state index is 8.07. The van der Waals surface area contributed by atoms with Crippen LogP contribution in [-0.4, -0.2) is 0 Å². The fourth-order valence-electron chi connectivity index (χ4n) is 0.232. The van der Waals surface area contributed by atoms with Crippen LogP contribution in [0.3, 0.4) is 0 Å². The first-order valence-corrected chi connectivity index (χ1v) is 2.23. The van der Waals surface area contributed by atoms with Crippen LogP contribution in [0.2, 0.25) is 0 Å². The van der Waals surface area contributed by atoms with Crippen LogP contribution in [0.25, 0.3) is 0 Å². The van der Waals surface area contributed by atoms with Crippen LogP contribution >= 0.6 is 0 Å². The van der Waals surface area contributed by atoms with Gasteiger partial charge in [0.1, 0.15) is 11.8 Å². The Kier molecular flexibility index (Phi) is 3.57. The van der Waals surface area contributed by atoms with E-state index >= 15 is 0 Å². The van der Waals surface area contributed by atoms with Gasteiger partial charge in [0, 0.05) is 6.08 Å². The molecule has 0 aliphatic carbocycles. The number of nitrogens with two attached hydrogens (primary N) is 1. The van der Waals surface area contributed by atoms with Gasteiger partial charge in [-0.3, -0.25) is 0 Å². The molecule has 3 heteroatoms. The molecule has 0 saturated heterocycles. The van der Waals surface area contributed by atoms with Gasteiger partial charge in [-0.1, -0.05) is 0 Å². The molecule has 0 spiro atoms. The molecule has 2 N–H and O–H groups in total. The lowest BCUT2D eigenvalue weighted by molar-refractivity contribution is 1.39. The Morgan fingerprint density at radius 3 is 2.56 bits per heavy atom. The van der Waals surface area contributed by atoms with Gasteiger partial charge in [0.15, 0.2) is 0 Å². The van der Waals surface area contributed by atoms with E-state index in [0.717, 1.165) is 0 Å². The highest BCUT2D eigenvalue weighted by Gasteiger charge is 1.75. The second-order valence-corrected chi connectivity index (χ2v) is 1.22. The molecule has 44 valence electrons. The summed E-state index contributed by atoms with van der Waals surface area (Å²) in [5, 5.41) is 16.0. The van der Waals surface area contributed by atoms with Crippen molar-refractivity contribution in [3.8, 4) is 12.1 Å². The summed E-state index contributed by atoms with van der Waals surface area (Å²) in [7, 11) is 0. The molecule has 0 unspecified atom stereocenters. The van der Waals surface area contributed by atoms with Gasteiger partial charge in [0.05, 0.1) is 6.07 Å². The van der Waals surface area contributed by atoms with Crippen LogP contribution < -0.4 is 5.73 Å². The maximum Gasteiger partial charge on any atom is 0.117 e. The SMILES string of the molecule is N#CC=CC=C(N)C#N. The van der Waals surface area contributed by atoms with E-state index in [4.69, 9.17) is 16.3 Å². The maximum atomic E-state index is 8.07. The molecule has 0 aromatic carbocycles. The average molecular weight is 119 g/mol. The quantitative estimate of drug-likeness (QED) is 0.402. The zero-order chi connectivity index (χ0) is 7.11. The van der Waals surface area contributed by atoms with E-state index in [1.54, 1.807) is 12.1 Å². The molecule has 0 radical (unpaired) electrons. The highest BCUT2D eigenvalue weighted by atomic mass is 14.6. The number of rotatable bonds is 1. The Hall–Kier alpha value is -1.74. The highest BCUT2D eigenvalue weighted by Crippen LogP contribution is 1.80. The molecule has 0 rings (SSSR count). The smallest absolute Gasteiger partial charge is 0.117 e. The van der Waals surface area contributed by atoms with E-state index in [1.807, 2.05) is 0 Å². The number of nitriles is 2. The van der Waals surface area contributed by atoms with Gasteiger partial charge < -0.3 is 5.73 Å². The summed E-state index contributed by atoms with van der Waals surface area (Å²) >= 11 is 0. The van der Waals surface area contributed by atoms with Gasteiger partial charge in [-0.15, -0.1) is 0 Å². The van der Waals surface area contributed by atoms with E-state index in [-0.39, 0.29) is 5.70 Å². The van der Waals surface area contributed by atoms with Crippen molar-refractivity contribution < 1.29 is 0 Å². The van der Waals surface area contributed by atoms with Crippen LogP contribution in [0.4, 0.5) is 0 Å². The fraction of sp³-hybridized carbons (Fsp3) is 0. The fourth-order valence-corrected chi connectivity index (χ4v) is 0.232. The topological polar surface area (TPSA) is 73.6 Å². The summed E-state index contributed by atoms with van der Waals surface area (Å²) in [6.07, 6.45) is 4.02. The molecular weight excluding hydrogens is 114 g/mol. The van der Waals surface area contributed by atoms with Crippen molar-refractivity contribution in [2.75, 3.05) is 0 Å². The summed E-state index contributed by atoms with van der Waals surface area (Å²) < 4.78 is 0. The predicted molar refractivity (Wildman–Crippen MR) is 32.6 cm³/mol. The Bertz CT molecular complexity index is 211. The molecule has 3 nitrogen and oxygen atoms in total.